The number of H-pyrrole nitrogens is 1. The summed E-state index contributed by atoms with van der Waals surface area (Å²) >= 11 is 3.46. The monoisotopic (exact) mass is 294 g/mol. The molecule has 1 heterocycles. The van der Waals surface area contributed by atoms with Gasteiger partial charge >= 0.3 is 0 Å². The zero-order valence-corrected chi connectivity index (χ0v) is 11.0. The summed E-state index contributed by atoms with van der Waals surface area (Å²) in [7, 11) is 0. The molecule has 5 nitrogen and oxygen atoms in total. The van der Waals surface area contributed by atoms with E-state index in [0.717, 1.165) is 21.2 Å². The molecule has 1 aromatic carbocycles. The highest BCUT2D eigenvalue weighted by atomic mass is 79.9. The van der Waals surface area contributed by atoms with E-state index in [1.807, 2.05) is 26.0 Å². The lowest BCUT2D eigenvalue weighted by atomic mass is 10.00. The minimum atomic E-state index is -0.589. The summed E-state index contributed by atoms with van der Waals surface area (Å²) in [6.45, 7) is 3.96. The van der Waals surface area contributed by atoms with Crippen LogP contribution in [0.1, 0.15) is 21.6 Å². The summed E-state index contributed by atoms with van der Waals surface area (Å²) < 4.78 is 1.02. The molecular weight excluding hydrogens is 284 g/mol. The van der Waals surface area contributed by atoms with Crippen molar-refractivity contribution in [2.45, 2.75) is 13.8 Å². The van der Waals surface area contributed by atoms with Crippen molar-refractivity contribution in [3.05, 3.63) is 33.4 Å². The number of aromatic nitrogens is 3. The van der Waals surface area contributed by atoms with Crippen molar-refractivity contribution >= 4 is 21.8 Å². The van der Waals surface area contributed by atoms with Crippen LogP contribution < -0.4 is 5.73 Å². The molecule has 2 rings (SSSR count). The van der Waals surface area contributed by atoms with Gasteiger partial charge in [-0.25, -0.2) is 0 Å². The Morgan fingerprint density at radius 1 is 1.29 bits per heavy atom. The van der Waals surface area contributed by atoms with E-state index in [2.05, 4.69) is 31.3 Å². The smallest absolute Gasteiger partial charge is 0.271 e. The van der Waals surface area contributed by atoms with Gasteiger partial charge in [-0.1, -0.05) is 22.0 Å². The van der Waals surface area contributed by atoms with Crippen molar-refractivity contribution in [3.63, 3.8) is 0 Å². The number of hydrogen-bond acceptors (Lipinski definition) is 3. The molecule has 6 heteroatoms. The predicted octanol–water partition coefficient (Wildman–Crippen LogP) is 1.95. The van der Waals surface area contributed by atoms with Crippen LogP contribution in [0.2, 0.25) is 0 Å². The zero-order chi connectivity index (χ0) is 12.6. The molecule has 0 radical (unpaired) electrons. The second-order valence-electron chi connectivity index (χ2n) is 3.73. The Bertz CT molecular complexity index is 591. The standard InChI is InChI=1S/C11H11BrN4O/c1-5-6(2)8(12)4-3-7(5)9-10(11(13)17)15-16-14-9/h3-4H,1-2H3,(H2,13,17)(H,14,15,16). The van der Waals surface area contributed by atoms with Gasteiger partial charge < -0.3 is 5.73 Å². The normalized spacial score (nSPS) is 10.5. The Morgan fingerprint density at radius 3 is 2.65 bits per heavy atom. The van der Waals surface area contributed by atoms with Crippen LogP contribution in [0.3, 0.4) is 0 Å². The number of hydrogen-bond donors (Lipinski definition) is 2. The van der Waals surface area contributed by atoms with E-state index in [0.29, 0.717) is 5.69 Å². The zero-order valence-electron chi connectivity index (χ0n) is 9.41. The summed E-state index contributed by atoms with van der Waals surface area (Å²) in [5, 5.41) is 10.2. The molecular formula is C11H11BrN4O. The summed E-state index contributed by atoms with van der Waals surface area (Å²) in [6.07, 6.45) is 0. The Balaban J connectivity index is 2.65. The van der Waals surface area contributed by atoms with Crippen LogP contribution in [0.15, 0.2) is 16.6 Å². The number of carbonyl (C=O) groups excluding carboxylic acids is 1. The summed E-state index contributed by atoms with van der Waals surface area (Å²) in [6, 6.07) is 3.80. The number of benzene rings is 1. The Labute approximate surface area is 107 Å². The molecule has 0 spiro atoms. The maximum absolute atomic E-state index is 11.2. The SMILES string of the molecule is Cc1c(Br)ccc(-c2n[nH]nc2C(N)=O)c1C. The van der Waals surface area contributed by atoms with Gasteiger partial charge in [-0.2, -0.15) is 15.4 Å². The number of rotatable bonds is 2. The molecule has 88 valence electrons. The second kappa shape index (κ2) is 4.29. The van der Waals surface area contributed by atoms with Crippen molar-refractivity contribution in [1.29, 1.82) is 0 Å². The Hall–Kier alpha value is -1.69. The molecule has 0 saturated carbocycles. The fourth-order valence-corrected chi connectivity index (χ4v) is 2.06. The largest absolute Gasteiger partial charge is 0.364 e. The maximum Gasteiger partial charge on any atom is 0.271 e. The molecule has 3 N–H and O–H groups in total. The fraction of sp³-hybridized carbons (Fsp3) is 0.182. The average molecular weight is 295 g/mol. The third kappa shape index (κ3) is 1.95. The molecule has 0 unspecified atom stereocenters. The van der Waals surface area contributed by atoms with Gasteiger partial charge in [-0.3, -0.25) is 4.79 Å². The first-order valence-corrected chi connectivity index (χ1v) is 5.78. The van der Waals surface area contributed by atoms with Gasteiger partial charge in [0.1, 0.15) is 5.69 Å². The number of amides is 1. The first kappa shape index (κ1) is 11.8. The van der Waals surface area contributed by atoms with E-state index < -0.39 is 5.91 Å². The van der Waals surface area contributed by atoms with Gasteiger partial charge in [-0.05, 0) is 31.0 Å². The lowest BCUT2D eigenvalue weighted by Crippen LogP contribution is -2.13. The molecule has 0 atom stereocenters. The summed E-state index contributed by atoms with van der Waals surface area (Å²) in [5.41, 5.74) is 8.89. The van der Waals surface area contributed by atoms with E-state index >= 15 is 0 Å². The van der Waals surface area contributed by atoms with Gasteiger partial charge in [0.15, 0.2) is 5.69 Å². The van der Waals surface area contributed by atoms with E-state index in [9.17, 15) is 4.79 Å². The highest BCUT2D eigenvalue weighted by Gasteiger charge is 2.17. The van der Waals surface area contributed by atoms with Crippen LogP contribution in [-0.2, 0) is 0 Å². The van der Waals surface area contributed by atoms with E-state index in [4.69, 9.17) is 5.73 Å². The highest BCUT2D eigenvalue weighted by molar-refractivity contribution is 9.10. The molecule has 0 aliphatic carbocycles. The predicted molar refractivity (Wildman–Crippen MR) is 67.5 cm³/mol. The molecule has 2 aromatic rings. The first-order valence-electron chi connectivity index (χ1n) is 4.99. The molecule has 1 aromatic heterocycles. The van der Waals surface area contributed by atoms with E-state index in [1.165, 1.54) is 0 Å². The number of carbonyl (C=O) groups is 1. The molecule has 17 heavy (non-hydrogen) atoms. The Morgan fingerprint density at radius 2 is 2.00 bits per heavy atom. The van der Waals surface area contributed by atoms with Gasteiger partial charge in [0.05, 0.1) is 0 Å². The van der Waals surface area contributed by atoms with Crippen LogP contribution in [0.5, 0.6) is 0 Å². The van der Waals surface area contributed by atoms with Crippen LogP contribution >= 0.6 is 15.9 Å². The third-order valence-electron chi connectivity index (χ3n) is 2.76. The van der Waals surface area contributed by atoms with Crippen molar-refractivity contribution in [2.75, 3.05) is 0 Å². The summed E-state index contributed by atoms with van der Waals surface area (Å²) in [4.78, 5) is 11.2. The van der Waals surface area contributed by atoms with Crippen LogP contribution in [0, 0.1) is 13.8 Å². The van der Waals surface area contributed by atoms with Gasteiger partial charge in [0.25, 0.3) is 5.91 Å². The van der Waals surface area contributed by atoms with Crippen molar-refractivity contribution in [1.82, 2.24) is 15.4 Å². The Kier molecular flexibility index (Phi) is 2.97. The molecule has 0 fully saturated rings. The van der Waals surface area contributed by atoms with Gasteiger partial charge in [0.2, 0.25) is 0 Å². The van der Waals surface area contributed by atoms with Crippen LogP contribution in [0.4, 0.5) is 0 Å². The lowest BCUT2D eigenvalue weighted by molar-refractivity contribution is 0.0996. The maximum atomic E-state index is 11.2. The fourth-order valence-electron chi connectivity index (χ4n) is 1.63. The minimum Gasteiger partial charge on any atom is -0.364 e. The number of nitrogens with two attached hydrogens (primary N) is 1. The topological polar surface area (TPSA) is 84.7 Å². The highest BCUT2D eigenvalue weighted by Crippen LogP contribution is 2.29. The van der Waals surface area contributed by atoms with E-state index in [1.54, 1.807) is 0 Å². The average Bonchev–Trinajstić information content (AvgIpc) is 2.75. The number of nitrogens with one attached hydrogen (secondary N) is 1. The molecule has 0 aliphatic rings. The molecule has 0 aliphatic heterocycles. The van der Waals surface area contributed by atoms with Crippen molar-refractivity contribution in [2.24, 2.45) is 5.73 Å². The first-order chi connectivity index (χ1) is 8.02. The quantitative estimate of drug-likeness (QED) is 0.888. The van der Waals surface area contributed by atoms with Crippen molar-refractivity contribution in [3.8, 4) is 11.3 Å². The van der Waals surface area contributed by atoms with Crippen LogP contribution in [0.25, 0.3) is 11.3 Å². The number of halogens is 1. The number of primary amides is 1. The second-order valence-corrected chi connectivity index (χ2v) is 4.58. The van der Waals surface area contributed by atoms with Gasteiger partial charge in [0, 0.05) is 10.0 Å². The van der Waals surface area contributed by atoms with Crippen LogP contribution in [-0.4, -0.2) is 21.3 Å². The lowest BCUT2D eigenvalue weighted by Gasteiger charge is -2.08. The van der Waals surface area contributed by atoms with Crippen molar-refractivity contribution < 1.29 is 4.79 Å². The van der Waals surface area contributed by atoms with Gasteiger partial charge in [-0.15, -0.1) is 0 Å². The van der Waals surface area contributed by atoms with E-state index in [-0.39, 0.29) is 5.69 Å². The number of aromatic amines is 1. The third-order valence-corrected chi connectivity index (χ3v) is 3.62. The molecule has 1 amide bonds. The molecule has 0 bridgehead atoms. The minimum absolute atomic E-state index is 0.162. The summed E-state index contributed by atoms with van der Waals surface area (Å²) in [5.74, 6) is -0.589. The molecule has 0 saturated heterocycles. The number of nitrogens with zero attached hydrogens (tertiary/aromatic N) is 2.